The molecule has 124 valence electrons. The van der Waals surface area contributed by atoms with Gasteiger partial charge in [0.15, 0.2) is 0 Å². The number of hydrogen-bond acceptors (Lipinski definition) is 4. The first-order chi connectivity index (χ1) is 11.2. The van der Waals surface area contributed by atoms with E-state index >= 15 is 0 Å². The molecule has 23 heavy (non-hydrogen) atoms. The molecule has 0 saturated carbocycles. The molecule has 8 nitrogen and oxygen atoms in total. The van der Waals surface area contributed by atoms with E-state index in [4.69, 9.17) is 0 Å². The zero-order valence-corrected chi connectivity index (χ0v) is 13.4. The van der Waals surface area contributed by atoms with Crippen molar-refractivity contribution in [2.45, 2.75) is 39.3 Å². The molecule has 1 aliphatic rings. The van der Waals surface area contributed by atoms with Crippen LogP contribution in [0.4, 0.5) is 10.5 Å². The summed E-state index contributed by atoms with van der Waals surface area (Å²) >= 11 is 0. The van der Waals surface area contributed by atoms with Crippen molar-refractivity contribution >= 4 is 11.7 Å². The highest BCUT2D eigenvalue weighted by Crippen LogP contribution is 2.19. The number of nitrogens with zero attached hydrogens (tertiary/aromatic N) is 6. The van der Waals surface area contributed by atoms with Gasteiger partial charge in [-0.05, 0) is 25.2 Å². The molecule has 0 aliphatic carbocycles. The number of urea groups is 1. The van der Waals surface area contributed by atoms with Gasteiger partial charge in [-0.25, -0.2) is 4.79 Å². The number of likely N-dealkylation sites (tertiary alicyclic amines) is 1. The van der Waals surface area contributed by atoms with Gasteiger partial charge in [0, 0.05) is 38.6 Å². The van der Waals surface area contributed by atoms with Gasteiger partial charge in [0.25, 0.3) is 0 Å². The summed E-state index contributed by atoms with van der Waals surface area (Å²) in [5, 5.41) is 15.0. The molecular weight excluding hydrogens is 294 g/mol. The van der Waals surface area contributed by atoms with Crippen LogP contribution in [0.3, 0.4) is 0 Å². The fourth-order valence-corrected chi connectivity index (χ4v) is 2.90. The molecule has 0 unspecified atom stereocenters. The lowest BCUT2D eigenvalue weighted by Crippen LogP contribution is -2.41. The second-order valence-electron chi connectivity index (χ2n) is 5.98. The van der Waals surface area contributed by atoms with Crippen LogP contribution < -0.4 is 5.32 Å². The van der Waals surface area contributed by atoms with Crippen LogP contribution in [0, 0.1) is 5.92 Å². The molecule has 8 heteroatoms. The largest absolute Gasteiger partial charge is 0.325 e. The van der Waals surface area contributed by atoms with Crippen LogP contribution in [0.1, 0.15) is 26.2 Å². The first-order valence-electron chi connectivity index (χ1n) is 8.17. The zero-order chi connectivity index (χ0) is 16.1. The smallest absolute Gasteiger partial charge is 0.321 e. The molecule has 1 N–H and O–H groups in total. The Morgan fingerprint density at radius 1 is 1.35 bits per heavy atom. The van der Waals surface area contributed by atoms with Crippen molar-refractivity contribution in [2.75, 3.05) is 18.4 Å². The third-order valence-electron chi connectivity index (χ3n) is 4.16. The summed E-state index contributed by atoms with van der Waals surface area (Å²) in [7, 11) is 0. The SMILES string of the molecule is CCCn1cc(NC(=O)N2CCC(Cn3ccnn3)CC2)cn1. The summed E-state index contributed by atoms with van der Waals surface area (Å²) < 4.78 is 3.71. The number of anilines is 1. The molecule has 3 heterocycles. The summed E-state index contributed by atoms with van der Waals surface area (Å²) in [6.45, 7) is 5.38. The normalized spacial score (nSPS) is 15.8. The third kappa shape index (κ3) is 4.08. The molecule has 0 aromatic carbocycles. The Hall–Kier alpha value is -2.38. The number of aryl methyl sites for hydroxylation is 1. The van der Waals surface area contributed by atoms with E-state index in [1.807, 2.05) is 26.7 Å². The maximum Gasteiger partial charge on any atom is 0.321 e. The van der Waals surface area contributed by atoms with E-state index in [1.54, 1.807) is 12.4 Å². The second kappa shape index (κ2) is 7.26. The van der Waals surface area contributed by atoms with Crippen LogP contribution in [0.25, 0.3) is 0 Å². The van der Waals surface area contributed by atoms with E-state index in [9.17, 15) is 4.79 Å². The van der Waals surface area contributed by atoms with Crippen LogP contribution in [0.15, 0.2) is 24.8 Å². The maximum atomic E-state index is 12.3. The topological polar surface area (TPSA) is 80.9 Å². The van der Waals surface area contributed by atoms with Crippen LogP contribution in [-0.4, -0.2) is 48.8 Å². The lowest BCUT2D eigenvalue weighted by Gasteiger charge is -2.31. The first-order valence-corrected chi connectivity index (χ1v) is 8.17. The van der Waals surface area contributed by atoms with Gasteiger partial charge in [0.1, 0.15) is 0 Å². The summed E-state index contributed by atoms with van der Waals surface area (Å²) in [5.41, 5.74) is 0.758. The Bertz CT molecular complexity index is 614. The number of hydrogen-bond donors (Lipinski definition) is 1. The fourth-order valence-electron chi connectivity index (χ4n) is 2.90. The highest BCUT2D eigenvalue weighted by Gasteiger charge is 2.23. The monoisotopic (exact) mass is 317 g/mol. The molecule has 0 atom stereocenters. The molecule has 3 rings (SSSR count). The average molecular weight is 317 g/mol. The summed E-state index contributed by atoms with van der Waals surface area (Å²) in [4.78, 5) is 14.2. The summed E-state index contributed by atoms with van der Waals surface area (Å²) in [5.74, 6) is 0.549. The van der Waals surface area contributed by atoms with Crippen molar-refractivity contribution in [1.82, 2.24) is 29.7 Å². The second-order valence-corrected chi connectivity index (χ2v) is 5.98. The minimum Gasteiger partial charge on any atom is -0.325 e. The lowest BCUT2D eigenvalue weighted by atomic mass is 9.97. The van der Waals surface area contributed by atoms with E-state index in [0.717, 1.165) is 51.1 Å². The molecule has 1 saturated heterocycles. The van der Waals surface area contributed by atoms with Crippen molar-refractivity contribution in [3.8, 4) is 0 Å². The van der Waals surface area contributed by atoms with E-state index < -0.39 is 0 Å². The Kier molecular flexibility index (Phi) is 4.89. The van der Waals surface area contributed by atoms with Gasteiger partial charge in [0.2, 0.25) is 0 Å². The summed E-state index contributed by atoms with van der Waals surface area (Å²) in [6, 6.07) is -0.0414. The minimum absolute atomic E-state index is 0.0414. The van der Waals surface area contributed by atoms with Crippen LogP contribution in [0.5, 0.6) is 0 Å². The quantitative estimate of drug-likeness (QED) is 0.912. The Morgan fingerprint density at radius 3 is 2.87 bits per heavy atom. The highest BCUT2D eigenvalue weighted by atomic mass is 16.2. The van der Waals surface area contributed by atoms with Crippen molar-refractivity contribution in [3.63, 3.8) is 0 Å². The van der Waals surface area contributed by atoms with Crippen molar-refractivity contribution in [1.29, 1.82) is 0 Å². The predicted molar refractivity (Wildman–Crippen MR) is 85.9 cm³/mol. The molecule has 0 spiro atoms. The maximum absolute atomic E-state index is 12.3. The van der Waals surface area contributed by atoms with Gasteiger partial charge in [0.05, 0.1) is 18.1 Å². The van der Waals surface area contributed by atoms with Crippen LogP contribution in [0.2, 0.25) is 0 Å². The van der Waals surface area contributed by atoms with Gasteiger partial charge in [-0.2, -0.15) is 5.10 Å². The van der Waals surface area contributed by atoms with E-state index in [0.29, 0.717) is 5.92 Å². The van der Waals surface area contributed by atoms with Crippen molar-refractivity contribution in [3.05, 3.63) is 24.8 Å². The van der Waals surface area contributed by atoms with Crippen LogP contribution in [-0.2, 0) is 13.1 Å². The van der Waals surface area contributed by atoms with Gasteiger partial charge >= 0.3 is 6.03 Å². The highest BCUT2D eigenvalue weighted by molar-refractivity contribution is 5.89. The molecular formula is C15H23N7O. The number of carbonyl (C=O) groups excluding carboxylic acids is 1. The van der Waals surface area contributed by atoms with E-state index in [2.05, 4.69) is 27.7 Å². The Morgan fingerprint density at radius 2 is 2.17 bits per heavy atom. The zero-order valence-electron chi connectivity index (χ0n) is 13.4. The van der Waals surface area contributed by atoms with Gasteiger partial charge in [-0.3, -0.25) is 9.36 Å². The molecule has 2 aromatic rings. The molecule has 2 aromatic heterocycles. The number of rotatable bonds is 5. The number of aromatic nitrogens is 5. The predicted octanol–water partition coefficient (Wildman–Crippen LogP) is 1.83. The summed E-state index contributed by atoms with van der Waals surface area (Å²) in [6.07, 6.45) is 10.2. The first kappa shape index (κ1) is 15.5. The minimum atomic E-state index is -0.0414. The lowest BCUT2D eigenvalue weighted by molar-refractivity contribution is 0.175. The Balaban J connectivity index is 1.45. The van der Waals surface area contributed by atoms with Gasteiger partial charge in [-0.15, -0.1) is 5.10 Å². The number of nitrogens with one attached hydrogen (secondary N) is 1. The number of piperidine rings is 1. The van der Waals surface area contributed by atoms with Crippen LogP contribution >= 0.6 is 0 Å². The number of amides is 2. The third-order valence-corrected chi connectivity index (χ3v) is 4.16. The molecule has 1 aliphatic heterocycles. The number of carbonyl (C=O) groups is 1. The molecule has 2 amide bonds. The van der Waals surface area contributed by atoms with Gasteiger partial charge < -0.3 is 10.2 Å². The van der Waals surface area contributed by atoms with Gasteiger partial charge in [-0.1, -0.05) is 12.1 Å². The van der Waals surface area contributed by atoms with E-state index in [-0.39, 0.29) is 6.03 Å². The van der Waals surface area contributed by atoms with Crippen molar-refractivity contribution in [2.24, 2.45) is 5.92 Å². The molecule has 1 fully saturated rings. The van der Waals surface area contributed by atoms with Crippen molar-refractivity contribution < 1.29 is 4.79 Å². The Labute approximate surface area is 135 Å². The standard InChI is InChI=1S/C15H23N7O/c1-2-6-21-12-14(10-17-21)18-15(23)20-7-3-13(4-8-20)11-22-9-5-16-19-22/h5,9-10,12-13H,2-4,6-8,11H2,1H3,(H,18,23). The molecule has 0 radical (unpaired) electrons. The molecule has 0 bridgehead atoms. The average Bonchev–Trinajstić information content (AvgIpc) is 3.21. The fraction of sp³-hybridized carbons (Fsp3) is 0.600. The van der Waals surface area contributed by atoms with E-state index in [1.165, 1.54) is 0 Å².